The molecule has 0 aliphatic carbocycles. The first-order chi connectivity index (χ1) is 9.72. The molecule has 1 aromatic heterocycles. The van der Waals surface area contributed by atoms with Gasteiger partial charge in [-0.2, -0.15) is 0 Å². The molecule has 1 N–H and O–H groups in total. The van der Waals surface area contributed by atoms with Gasteiger partial charge in [-0.1, -0.05) is 30.3 Å². The first-order valence-electron chi connectivity index (χ1n) is 6.60. The number of carbonyl (C=O) groups excluding carboxylic acids is 1. The fourth-order valence-corrected chi connectivity index (χ4v) is 1.93. The average Bonchev–Trinajstić information content (AvgIpc) is 2.48. The molecule has 0 fully saturated rings. The molecule has 1 amide bonds. The SMILES string of the molecule is CCO[C@@H](C(=O)Nc1ccncc1C)c1ccccc1. The number of hydrogen-bond acceptors (Lipinski definition) is 3. The molecule has 4 heteroatoms. The Hall–Kier alpha value is -2.20. The molecule has 1 heterocycles. The van der Waals surface area contributed by atoms with E-state index in [-0.39, 0.29) is 5.91 Å². The number of nitrogens with zero attached hydrogens (tertiary/aromatic N) is 1. The number of pyridine rings is 1. The molecule has 20 heavy (non-hydrogen) atoms. The quantitative estimate of drug-likeness (QED) is 0.908. The fraction of sp³-hybridized carbons (Fsp3) is 0.250. The van der Waals surface area contributed by atoms with Gasteiger partial charge in [0.1, 0.15) is 0 Å². The minimum absolute atomic E-state index is 0.174. The van der Waals surface area contributed by atoms with E-state index < -0.39 is 6.10 Å². The predicted molar refractivity (Wildman–Crippen MR) is 78.4 cm³/mol. The minimum Gasteiger partial charge on any atom is -0.364 e. The third kappa shape index (κ3) is 3.42. The highest BCUT2D eigenvalue weighted by molar-refractivity contribution is 5.95. The maximum absolute atomic E-state index is 12.4. The summed E-state index contributed by atoms with van der Waals surface area (Å²) in [5, 5.41) is 2.89. The number of amides is 1. The Kier molecular flexibility index (Phi) is 4.85. The van der Waals surface area contributed by atoms with Crippen LogP contribution >= 0.6 is 0 Å². The molecule has 0 radical (unpaired) electrons. The monoisotopic (exact) mass is 270 g/mol. The standard InChI is InChI=1S/C16H18N2O2/c1-3-20-15(13-7-5-4-6-8-13)16(19)18-14-9-10-17-11-12(14)2/h4-11,15H,3H2,1-2H3,(H,17,18,19)/t15-/m1/s1. The van der Waals surface area contributed by atoms with Gasteiger partial charge in [0, 0.05) is 24.7 Å². The summed E-state index contributed by atoms with van der Waals surface area (Å²) < 4.78 is 5.57. The number of carbonyl (C=O) groups is 1. The summed E-state index contributed by atoms with van der Waals surface area (Å²) in [4.78, 5) is 16.4. The number of hydrogen-bond donors (Lipinski definition) is 1. The second kappa shape index (κ2) is 6.82. The minimum atomic E-state index is -0.603. The van der Waals surface area contributed by atoms with Gasteiger partial charge in [0.25, 0.3) is 5.91 Å². The van der Waals surface area contributed by atoms with Gasteiger partial charge in [0.05, 0.1) is 0 Å². The summed E-state index contributed by atoms with van der Waals surface area (Å²) in [6, 6.07) is 11.3. The zero-order valence-electron chi connectivity index (χ0n) is 11.7. The van der Waals surface area contributed by atoms with E-state index in [1.54, 1.807) is 18.5 Å². The van der Waals surface area contributed by atoms with Gasteiger partial charge in [-0.3, -0.25) is 9.78 Å². The molecule has 104 valence electrons. The Morgan fingerprint density at radius 2 is 2.05 bits per heavy atom. The van der Waals surface area contributed by atoms with Crippen molar-refractivity contribution >= 4 is 11.6 Å². The van der Waals surface area contributed by atoms with Crippen molar-refractivity contribution in [3.63, 3.8) is 0 Å². The van der Waals surface area contributed by atoms with E-state index in [1.165, 1.54) is 0 Å². The summed E-state index contributed by atoms with van der Waals surface area (Å²) in [5.41, 5.74) is 2.52. The lowest BCUT2D eigenvalue weighted by molar-refractivity contribution is -0.127. The van der Waals surface area contributed by atoms with E-state index in [2.05, 4.69) is 10.3 Å². The largest absolute Gasteiger partial charge is 0.364 e. The molecule has 0 saturated heterocycles. The molecule has 0 saturated carbocycles. The van der Waals surface area contributed by atoms with Crippen molar-refractivity contribution in [3.8, 4) is 0 Å². The van der Waals surface area contributed by atoms with Crippen molar-refractivity contribution in [2.45, 2.75) is 20.0 Å². The van der Waals surface area contributed by atoms with Crippen molar-refractivity contribution in [2.75, 3.05) is 11.9 Å². The van der Waals surface area contributed by atoms with Crippen LogP contribution in [-0.2, 0) is 9.53 Å². The van der Waals surface area contributed by atoms with Gasteiger partial charge < -0.3 is 10.1 Å². The highest BCUT2D eigenvalue weighted by Gasteiger charge is 2.21. The van der Waals surface area contributed by atoms with Gasteiger partial charge in [-0.15, -0.1) is 0 Å². The lowest BCUT2D eigenvalue weighted by Crippen LogP contribution is -2.24. The summed E-state index contributed by atoms with van der Waals surface area (Å²) in [6.45, 7) is 4.25. The molecule has 2 rings (SSSR count). The topological polar surface area (TPSA) is 51.2 Å². The Morgan fingerprint density at radius 1 is 1.30 bits per heavy atom. The lowest BCUT2D eigenvalue weighted by Gasteiger charge is -2.17. The number of ether oxygens (including phenoxy) is 1. The first kappa shape index (κ1) is 14.2. The van der Waals surface area contributed by atoms with E-state index in [0.717, 1.165) is 16.8 Å². The molecule has 0 aliphatic heterocycles. The third-order valence-electron chi connectivity index (χ3n) is 2.95. The summed E-state index contributed by atoms with van der Waals surface area (Å²) in [7, 11) is 0. The van der Waals surface area contributed by atoms with Crippen LogP contribution in [0, 0.1) is 6.92 Å². The van der Waals surface area contributed by atoms with Crippen LogP contribution < -0.4 is 5.32 Å². The Bertz CT molecular complexity index is 570. The molecule has 4 nitrogen and oxygen atoms in total. The molecule has 0 spiro atoms. The molecular formula is C16H18N2O2. The summed E-state index contributed by atoms with van der Waals surface area (Å²) in [5.74, 6) is -0.174. The molecule has 1 atom stereocenters. The van der Waals surface area contributed by atoms with Crippen LogP contribution in [0.3, 0.4) is 0 Å². The highest BCUT2D eigenvalue weighted by Crippen LogP contribution is 2.20. The average molecular weight is 270 g/mol. The molecule has 1 aromatic carbocycles. The maximum atomic E-state index is 12.4. The van der Waals surface area contributed by atoms with Crippen LogP contribution in [-0.4, -0.2) is 17.5 Å². The number of nitrogens with one attached hydrogen (secondary N) is 1. The summed E-state index contributed by atoms with van der Waals surface area (Å²) in [6.07, 6.45) is 2.77. The van der Waals surface area contributed by atoms with Gasteiger partial charge in [0.2, 0.25) is 0 Å². The van der Waals surface area contributed by atoms with Crippen molar-refractivity contribution in [3.05, 3.63) is 59.9 Å². The van der Waals surface area contributed by atoms with Crippen molar-refractivity contribution in [1.29, 1.82) is 0 Å². The van der Waals surface area contributed by atoms with Crippen LogP contribution in [0.2, 0.25) is 0 Å². The van der Waals surface area contributed by atoms with Gasteiger partial charge in [-0.25, -0.2) is 0 Å². The van der Waals surface area contributed by atoms with Crippen LogP contribution in [0.25, 0.3) is 0 Å². The van der Waals surface area contributed by atoms with Crippen molar-refractivity contribution < 1.29 is 9.53 Å². The zero-order valence-corrected chi connectivity index (χ0v) is 11.7. The summed E-state index contributed by atoms with van der Waals surface area (Å²) >= 11 is 0. The number of aryl methyl sites for hydroxylation is 1. The van der Waals surface area contributed by atoms with E-state index in [0.29, 0.717) is 6.61 Å². The number of benzene rings is 1. The molecular weight excluding hydrogens is 252 g/mol. The molecule has 0 bridgehead atoms. The Morgan fingerprint density at radius 3 is 2.70 bits per heavy atom. The van der Waals surface area contributed by atoms with E-state index in [4.69, 9.17) is 4.74 Å². The van der Waals surface area contributed by atoms with Crippen LogP contribution in [0.4, 0.5) is 5.69 Å². The first-order valence-corrected chi connectivity index (χ1v) is 6.60. The Balaban J connectivity index is 2.18. The van der Waals surface area contributed by atoms with E-state index in [9.17, 15) is 4.79 Å². The van der Waals surface area contributed by atoms with Crippen molar-refractivity contribution in [2.24, 2.45) is 0 Å². The van der Waals surface area contributed by atoms with Gasteiger partial charge >= 0.3 is 0 Å². The van der Waals surface area contributed by atoms with Gasteiger partial charge in [0.15, 0.2) is 6.10 Å². The second-order valence-corrected chi connectivity index (χ2v) is 4.43. The molecule has 2 aromatic rings. The molecule has 0 unspecified atom stereocenters. The van der Waals surface area contributed by atoms with Crippen LogP contribution in [0.15, 0.2) is 48.8 Å². The lowest BCUT2D eigenvalue weighted by atomic mass is 10.1. The number of aromatic nitrogens is 1. The number of rotatable bonds is 5. The van der Waals surface area contributed by atoms with Crippen LogP contribution in [0.5, 0.6) is 0 Å². The maximum Gasteiger partial charge on any atom is 0.258 e. The fourth-order valence-electron chi connectivity index (χ4n) is 1.93. The smallest absolute Gasteiger partial charge is 0.258 e. The second-order valence-electron chi connectivity index (χ2n) is 4.43. The van der Waals surface area contributed by atoms with Gasteiger partial charge in [-0.05, 0) is 31.0 Å². The number of anilines is 1. The normalized spacial score (nSPS) is 11.9. The third-order valence-corrected chi connectivity index (χ3v) is 2.95. The predicted octanol–water partition coefficient (Wildman–Crippen LogP) is 3.11. The molecule has 0 aliphatic rings. The van der Waals surface area contributed by atoms with Crippen molar-refractivity contribution in [1.82, 2.24) is 4.98 Å². The van der Waals surface area contributed by atoms with E-state index >= 15 is 0 Å². The van der Waals surface area contributed by atoms with Crippen LogP contribution in [0.1, 0.15) is 24.2 Å². The van der Waals surface area contributed by atoms with E-state index in [1.807, 2.05) is 44.2 Å². The zero-order chi connectivity index (χ0) is 14.4. The Labute approximate surface area is 118 Å². The highest BCUT2D eigenvalue weighted by atomic mass is 16.5.